The van der Waals surface area contributed by atoms with Crippen LogP contribution in [0.4, 0.5) is 0 Å². The van der Waals surface area contributed by atoms with E-state index in [9.17, 15) is 9.59 Å². The highest BCUT2D eigenvalue weighted by atomic mass is 79.9. The zero-order chi connectivity index (χ0) is 13.1. The second kappa shape index (κ2) is 5.22. The summed E-state index contributed by atoms with van der Waals surface area (Å²) in [7, 11) is 0. The van der Waals surface area contributed by atoms with Gasteiger partial charge in [-0.05, 0) is 31.2 Å². The molecule has 6 heteroatoms. The van der Waals surface area contributed by atoms with Gasteiger partial charge < -0.3 is 4.74 Å². The van der Waals surface area contributed by atoms with Gasteiger partial charge in [0.2, 0.25) is 0 Å². The molecule has 0 saturated heterocycles. The van der Waals surface area contributed by atoms with E-state index in [1.165, 1.54) is 10.7 Å². The average molecular weight is 311 g/mol. The first-order chi connectivity index (χ1) is 8.61. The van der Waals surface area contributed by atoms with E-state index in [4.69, 9.17) is 4.74 Å². The lowest BCUT2D eigenvalue weighted by Gasteiger charge is -2.02. The largest absolute Gasteiger partial charge is 0.461 e. The van der Waals surface area contributed by atoms with Gasteiger partial charge in [-0.3, -0.25) is 9.89 Å². The number of nitrogens with zero attached hydrogens (tertiary/aromatic N) is 1. The van der Waals surface area contributed by atoms with E-state index in [2.05, 4.69) is 21.0 Å². The number of ether oxygens (including phenoxy) is 1. The summed E-state index contributed by atoms with van der Waals surface area (Å²) >= 11 is 3.31. The third kappa shape index (κ3) is 2.53. The number of aromatic nitrogens is 2. The molecule has 0 atom stereocenters. The molecule has 0 aliphatic carbocycles. The van der Waals surface area contributed by atoms with Crippen molar-refractivity contribution in [2.45, 2.75) is 6.92 Å². The van der Waals surface area contributed by atoms with E-state index >= 15 is 0 Å². The van der Waals surface area contributed by atoms with Crippen LogP contribution in [0.3, 0.4) is 0 Å². The van der Waals surface area contributed by atoms with Crippen molar-refractivity contribution in [3.63, 3.8) is 0 Å². The van der Waals surface area contributed by atoms with Gasteiger partial charge in [0.25, 0.3) is 5.56 Å². The van der Waals surface area contributed by atoms with Gasteiger partial charge in [-0.25, -0.2) is 9.48 Å². The van der Waals surface area contributed by atoms with Crippen LogP contribution in [0.2, 0.25) is 0 Å². The predicted octanol–water partition coefficient (Wildman–Crippen LogP) is 2.10. The quantitative estimate of drug-likeness (QED) is 0.883. The van der Waals surface area contributed by atoms with Gasteiger partial charge in [0, 0.05) is 10.5 Å². The molecule has 2 rings (SSSR count). The van der Waals surface area contributed by atoms with Crippen molar-refractivity contribution >= 4 is 21.9 Å². The van der Waals surface area contributed by atoms with Crippen LogP contribution < -0.4 is 5.56 Å². The zero-order valence-electron chi connectivity index (χ0n) is 9.64. The van der Waals surface area contributed by atoms with Crippen LogP contribution in [0.5, 0.6) is 0 Å². The fraction of sp³-hybridized carbons (Fsp3) is 0.167. The lowest BCUT2D eigenvalue weighted by atomic mass is 10.3. The summed E-state index contributed by atoms with van der Waals surface area (Å²) in [5.74, 6) is -0.537. The standard InChI is InChI=1S/C12H11BrN2O3/c1-2-18-12(17)10-7-11(16)15(14-10)9-5-3-8(13)4-6-9/h3-7,14H,2H2,1H3. The summed E-state index contributed by atoms with van der Waals surface area (Å²) in [4.78, 5) is 23.2. The molecule has 5 nitrogen and oxygen atoms in total. The Hall–Kier alpha value is -1.82. The van der Waals surface area contributed by atoms with Gasteiger partial charge in [-0.1, -0.05) is 15.9 Å². The number of halogens is 1. The minimum absolute atomic E-state index is 0.143. The van der Waals surface area contributed by atoms with Crippen molar-refractivity contribution in [2.75, 3.05) is 6.61 Å². The summed E-state index contributed by atoms with van der Waals surface area (Å²) in [5, 5.41) is 2.72. The number of aromatic amines is 1. The first-order valence-corrected chi connectivity index (χ1v) is 6.16. The smallest absolute Gasteiger partial charge is 0.356 e. The molecular formula is C12H11BrN2O3. The van der Waals surface area contributed by atoms with Crippen LogP contribution in [-0.2, 0) is 4.74 Å². The van der Waals surface area contributed by atoms with E-state index < -0.39 is 5.97 Å². The second-order valence-corrected chi connectivity index (χ2v) is 4.46. The maximum atomic E-state index is 11.7. The molecule has 1 aromatic heterocycles. The molecule has 0 aliphatic heterocycles. The highest BCUT2D eigenvalue weighted by Crippen LogP contribution is 2.12. The SMILES string of the molecule is CCOC(=O)c1cc(=O)n(-c2ccc(Br)cc2)[nH]1. The second-order valence-electron chi connectivity index (χ2n) is 3.54. The van der Waals surface area contributed by atoms with Gasteiger partial charge in [0.05, 0.1) is 12.3 Å². The third-order valence-electron chi connectivity index (χ3n) is 2.30. The number of nitrogens with one attached hydrogen (secondary N) is 1. The van der Waals surface area contributed by atoms with Gasteiger partial charge >= 0.3 is 5.97 Å². The number of benzene rings is 1. The average Bonchev–Trinajstić information content (AvgIpc) is 2.73. The topological polar surface area (TPSA) is 64.1 Å². The summed E-state index contributed by atoms with van der Waals surface area (Å²) < 4.78 is 7.03. The van der Waals surface area contributed by atoms with Crippen LogP contribution in [0, 0.1) is 0 Å². The Labute approximate surface area is 111 Å². The monoisotopic (exact) mass is 310 g/mol. The van der Waals surface area contributed by atoms with Gasteiger partial charge in [-0.2, -0.15) is 0 Å². The Morgan fingerprint density at radius 3 is 2.67 bits per heavy atom. The van der Waals surface area contributed by atoms with Gasteiger partial charge in [0.1, 0.15) is 5.69 Å². The fourth-order valence-electron chi connectivity index (χ4n) is 1.49. The number of hydrogen-bond donors (Lipinski definition) is 1. The highest BCUT2D eigenvalue weighted by molar-refractivity contribution is 9.10. The van der Waals surface area contributed by atoms with Gasteiger partial charge in [0.15, 0.2) is 0 Å². The number of carbonyl (C=O) groups excluding carboxylic acids is 1. The van der Waals surface area contributed by atoms with E-state index in [1.807, 2.05) is 12.1 Å². The molecule has 0 amide bonds. The lowest BCUT2D eigenvalue weighted by molar-refractivity contribution is 0.0519. The number of carbonyl (C=O) groups is 1. The molecule has 1 N–H and O–H groups in total. The molecule has 2 aromatic rings. The third-order valence-corrected chi connectivity index (χ3v) is 2.83. The summed E-state index contributed by atoms with van der Waals surface area (Å²) in [6.07, 6.45) is 0. The molecule has 0 spiro atoms. The Morgan fingerprint density at radius 1 is 1.39 bits per heavy atom. The summed E-state index contributed by atoms with van der Waals surface area (Å²) in [5.41, 5.74) is 0.490. The molecule has 1 heterocycles. The van der Waals surface area contributed by atoms with Crippen LogP contribution in [0.25, 0.3) is 5.69 Å². The van der Waals surface area contributed by atoms with Crippen molar-refractivity contribution in [3.05, 3.63) is 50.9 Å². The van der Waals surface area contributed by atoms with Crippen molar-refractivity contribution in [2.24, 2.45) is 0 Å². The van der Waals surface area contributed by atoms with Crippen molar-refractivity contribution in [3.8, 4) is 5.69 Å². The van der Waals surface area contributed by atoms with E-state index in [0.717, 1.165) is 4.47 Å². The predicted molar refractivity (Wildman–Crippen MR) is 70.0 cm³/mol. The highest BCUT2D eigenvalue weighted by Gasteiger charge is 2.12. The van der Waals surface area contributed by atoms with Crippen molar-refractivity contribution < 1.29 is 9.53 Å². The first-order valence-electron chi connectivity index (χ1n) is 5.37. The first kappa shape index (κ1) is 12.6. The molecule has 94 valence electrons. The number of hydrogen-bond acceptors (Lipinski definition) is 3. The Bertz CT molecular complexity index is 613. The normalized spacial score (nSPS) is 10.3. The minimum Gasteiger partial charge on any atom is -0.461 e. The minimum atomic E-state index is -0.537. The zero-order valence-corrected chi connectivity index (χ0v) is 11.2. The number of rotatable bonds is 3. The molecule has 0 saturated carbocycles. The molecule has 0 fully saturated rings. The van der Waals surface area contributed by atoms with Crippen LogP contribution in [-0.4, -0.2) is 22.4 Å². The lowest BCUT2D eigenvalue weighted by Crippen LogP contribution is -2.13. The summed E-state index contributed by atoms with van der Waals surface area (Å²) in [6.45, 7) is 1.98. The molecular weight excluding hydrogens is 300 g/mol. The van der Waals surface area contributed by atoms with Gasteiger partial charge in [-0.15, -0.1) is 0 Å². The van der Waals surface area contributed by atoms with Crippen LogP contribution in [0.15, 0.2) is 39.6 Å². The van der Waals surface area contributed by atoms with E-state index in [-0.39, 0.29) is 17.9 Å². The Kier molecular flexibility index (Phi) is 3.66. The maximum Gasteiger partial charge on any atom is 0.356 e. The van der Waals surface area contributed by atoms with E-state index in [0.29, 0.717) is 5.69 Å². The molecule has 0 aliphatic rings. The molecule has 0 unspecified atom stereocenters. The molecule has 0 bridgehead atoms. The van der Waals surface area contributed by atoms with Crippen LogP contribution in [0.1, 0.15) is 17.4 Å². The van der Waals surface area contributed by atoms with Crippen molar-refractivity contribution in [1.29, 1.82) is 0 Å². The number of H-pyrrole nitrogens is 1. The van der Waals surface area contributed by atoms with Crippen LogP contribution >= 0.6 is 15.9 Å². The Morgan fingerprint density at radius 2 is 2.06 bits per heavy atom. The Balaban J connectivity index is 2.38. The van der Waals surface area contributed by atoms with Crippen molar-refractivity contribution in [1.82, 2.24) is 9.78 Å². The summed E-state index contributed by atoms with van der Waals surface area (Å²) in [6, 6.07) is 8.37. The molecule has 18 heavy (non-hydrogen) atoms. The van der Waals surface area contributed by atoms with E-state index in [1.54, 1.807) is 19.1 Å². The molecule has 1 aromatic carbocycles. The maximum absolute atomic E-state index is 11.7. The number of esters is 1. The fourth-order valence-corrected chi connectivity index (χ4v) is 1.76. The molecule has 0 radical (unpaired) electrons.